The molecule has 0 bridgehead atoms. The van der Waals surface area contributed by atoms with Crippen LogP contribution < -0.4 is 10.6 Å². The predicted molar refractivity (Wildman–Crippen MR) is 91.6 cm³/mol. The van der Waals surface area contributed by atoms with Crippen LogP contribution in [0.4, 0.5) is 11.5 Å². The molecule has 120 valence electrons. The Morgan fingerprint density at radius 3 is 2.42 bits per heavy atom. The van der Waals surface area contributed by atoms with Crippen molar-refractivity contribution in [3.05, 3.63) is 40.4 Å². The van der Waals surface area contributed by atoms with Gasteiger partial charge in [0.2, 0.25) is 0 Å². The van der Waals surface area contributed by atoms with Gasteiger partial charge in [-0.15, -0.1) is 0 Å². The molecule has 0 aliphatic carbocycles. The number of nitrogen functional groups attached to an aromatic ring is 1. The van der Waals surface area contributed by atoms with Crippen LogP contribution in [0.15, 0.2) is 24.3 Å². The van der Waals surface area contributed by atoms with Gasteiger partial charge in [-0.05, 0) is 6.07 Å². The van der Waals surface area contributed by atoms with Crippen molar-refractivity contribution in [1.29, 1.82) is 10.5 Å². The maximum atomic E-state index is 9.52. The van der Waals surface area contributed by atoms with Crippen LogP contribution in [0.2, 0.25) is 5.02 Å². The Kier molecular flexibility index (Phi) is 4.52. The van der Waals surface area contributed by atoms with Gasteiger partial charge in [-0.25, -0.2) is 4.98 Å². The van der Waals surface area contributed by atoms with Gasteiger partial charge in [0.1, 0.15) is 29.1 Å². The maximum Gasteiger partial charge on any atom is 0.149 e. The smallest absolute Gasteiger partial charge is 0.149 e. The summed E-state index contributed by atoms with van der Waals surface area (Å²) in [5.74, 6) is 0.465. The number of hydrogen-bond donors (Lipinski definition) is 1. The third-order valence-electron chi connectivity index (χ3n) is 3.88. The van der Waals surface area contributed by atoms with Crippen molar-refractivity contribution >= 4 is 23.1 Å². The Labute approximate surface area is 144 Å². The molecule has 0 radical (unpaired) electrons. The topological polar surface area (TPSA) is 99.0 Å². The number of benzene rings is 1. The fourth-order valence-corrected chi connectivity index (χ4v) is 2.89. The second kappa shape index (κ2) is 6.76. The van der Waals surface area contributed by atoms with E-state index < -0.39 is 0 Å². The minimum Gasteiger partial charge on any atom is -0.396 e. The lowest BCUT2D eigenvalue weighted by Crippen LogP contribution is -2.37. The van der Waals surface area contributed by atoms with E-state index in [0.717, 1.165) is 0 Å². The van der Waals surface area contributed by atoms with E-state index in [2.05, 4.69) is 17.1 Å². The Bertz CT molecular complexity index is 863. The van der Waals surface area contributed by atoms with Crippen LogP contribution in [0.1, 0.15) is 11.1 Å². The first-order chi connectivity index (χ1) is 11.7. The molecule has 24 heavy (non-hydrogen) atoms. The van der Waals surface area contributed by atoms with E-state index in [1.165, 1.54) is 0 Å². The monoisotopic (exact) mass is 339 g/mol. The molecule has 0 atom stereocenters. The molecule has 1 saturated heterocycles. The summed E-state index contributed by atoms with van der Waals surface area (Å²) in [6.45, 7) is 2.31. The van der Waals surface area contributed by atoms with E-state index in [1.54, 1.807) is 18.2 Å². The van der Waals surface area contributed by atoms with Crippen molar-refractivity contribution in [3.8, 4) is 23.4 Å². The lowest BCUT2D eigenvalue weighted by Gasteiger charge is -2.29. The highest BCUT2D eigenvalue weighted by atomic mass is 35.5. The SMILES string of the molecule is N#Cc1c(-c2ccccc2Cl)nc(N2CCOCC2)c(C#N)c1N. The fourth-order valence-electron chi connectivity index (χ4n) is 2.67. The van der Waals surface area contributed by atoms with Crippen molar-refractivity contribution in [2.45, 2.75) is 0 Å². The second-order valence-corrected chi connectivity index (χ2v) is 5.66. The molecular weight excluding hydrogens is 326 g/mol. The summed E-state index contributed by atoms with van der Waals surface area (Å²) in [7, 11) is 0. The lowest BCUT2D eigenvalue weighted by molar-refractivity contribution is 0.122. The summed E-state index contributed by atoms with van der Waals surface area (Å²) in [5.41, 5.74) is 7.62. The molecule has 7 heteroatoms. The lowest BCUT2D eigenvalue weighted by atomic mass is 10.0. The second-order valence-electron chi connectivity index (χ2n) is 5.25. The van der Waals surface area contributed by atoms with Crippen molar-refractivity contribution in [3.63, 3.8) is 0 Å². The maximum absolute atomic E-state index is 9.52. The van der Waals surface area contributed by atoms with Crippen molar-refractivity contribution in [1.82, 2.24) is 4.98 Å². The molecule has 1 fully saturated rings. The zero-order valence-corrected chi connectivity index (χ0v) is 13.5. The quantitative estimate of drug-likeness (QED) is 0.902. The van der Waals surface area contributed by atoms with Crippen LogP contribution in [-0.2, 0) is 4.74 Å². The normalized spacial score (nSPS) is 14.0. The molecule has 2 heterocycles. The van der Waals surface area contributed by atoms with E-state index in [-0.39, 0.29) is 16.8 Å². The molecule has 3 rings (SSSR count). The van der Waals surface area contributed by atoms with Gasteiger partial charge in [-0.1, -0.05) is 29.8 Å². The number of anilines is 2. The van der Waals surface area contributed by atoms with Crippen LogP contribution in [0.5, 0.6) is 0 Å². The van der Waals surface area contributed by atoms with Gasteiger partial charge in [-0.2, -0.15) is 10.5 Å². The van der Waals surface area contributed by atoms with Gasteiger partial charge in [-0.3, -0.25) is 0 Å². The number of ether oxygens (including phenoxy) is 1. The standard InChI is InChI=1S/C17H14ClN5O/c18-14-4-2-1-3-11(14)16-12(9-19)15(21)13(10-20)17(22-16)23-5-7-24-8-6-23/h1-4H,5-8H2,(H2,21,22). The van der Waals surface area contributed by atoms with E-state index in [9.17, 15) is 10.5 Å². The molecule has 1 aromatic carbocycles. The predicted octanol–water partition coefficient (Wildman–Crippen LogP) is 2.56. The summed E-state index contributed by atoms with van der Waals surface area (Å²) >= 11 is 6.26. The minimum atomic E-state index is 0.131. The number of rotatable bonds is 2. The summed E-state index contributed by atoms with van der Waals surface area (Å²) in [4.78, 5) is 6.54. The number of pyridine rings is 1. The zero-order chi connectivity index (χ0) is 17.1. The first kappa shape index (κ1) is 16.1. The largest absolute Gasteiger partial charge is 0.396 e. The van der Waals surface area contributed by atoms with Gasteiger partial charge in [0.15, 0.2) is 0 Å². The van der Waals surface area contributed by atoms with E-state index in [1.807, 2.05) is 11.0 Å². The van der Waals surface area contributed by atoms with Crippen molar-refractivity contribution in [2.75, 3.05) is 36.9 Å². The van der Waals surface area contributed by atoms with Crippen LogP contribution >= 0.6 is 11.6 Å². The average Bonchev–Trinajstić information content (AvgIpc) is 2.62. The van der Waals surface area contributed by atoms with Crippen LogP contribution in [0.25, 0.3) is 11.3 Å². The fraction of sp³-hybridized carbons (Fsp3) is 0.235. The molecule has 2 aromatic rings. The van der Waals surface area contributed by atoms with E-state index in [0.29, 0.717) is 48.4 Å². The van der Waals surface area contributed by atoms with Gasteiger partial charge in [0, 0.05) is 18.7 Å². The minimum absolute atomic E-state index is 0.131. The Morgan fingerprint density at radius 1 is 1.12 bits per heavy atom. The third-order valence-corrected chi connectivity index (χ3v) is 4.21. The third kappa shape index (κ3) is 2.74. The summed E-state index contributed by atoms with van der Waals surface area (Å²) in [6, 6.07) is 11.2. The number of halogens is 1. The Hall–Kier alpha value is -2.80. The summed E-state index contributed by atoms with van der Waals surface area (Å²) in [6.07, 6.45) is 0. The Balaban J connectivity index is 2.26. The van der Waals surface area contributed by atoms with Crippen LogP contribution in [0.3, 0.4) is 0 Å². The summed E-state index contributed by atoms with van der Waals surface area (Å²) in [5, 5.41) is 19.5. The molecule has 1 aromatic heterocycles. The highest BCUT2D eigenvalue weighted by Crippen LogP contribution is 2.36. The van der Waals surface area contributed by atoms with Crippen LogP contribution in [0, 0.1) is 22.7 Å². The number of nitrogens with two attached hydrogens (primary N) is 1. The van der Waals surface area contributed by atoms with E-state index in [4.69, 9.17) is 22.1 Å². The number of nitrogens with zero attached hydrogens (tertiary/aromatic N) is 4. The number of nitriles is 2. The molecule has 0 unspecified atom stereocenters. The molecule has 0 spiro atoms. The average molecular weight is 340 g/mol. The molecule has 6 nitrogen and oxygen atoms in total. The van der Waals surface area contributed by atoms with Crippen LogP contribution in [-0.4, -0.2) is 31.3 Å². The molecular formula is C17H14ClN5O. The van der Waals surface area contributed by atoms with Gasteiger partial charge in [0.25, 0.3) is 0 Å². The highest BCUT2D eigenvalue weighted by Gasteiger charge is 2.24. The van der Waals surface area contributed by atoms with Gasteiger partial charge in [0.05, 0.1) is 29.6 Å². The molecule has 0 amide bonds. The van der Waals surface area contributed by atoms with Crippen molar-refractivity contribution in [2.24, 2.45) is 0 Å². The number of aromatic nitrogens is 1. The Morgan fingerprint density at radius 2 is 1.79 bits per heavy atom. The summed E-state index contributed by atoms with van der Waals surface area (Å²) < 4.78 is 5.35. The highest BCUT2D eigenvalue weighted by molar-refractivity contribution is 6.33. The molecule has 0 saturated carbocycles. The number of hydrogen-bond acceptors (Lipinski definition) is 6. The van der Waals surface area contributed by atoms with Crippen molar-refractivity contribution < 1.29 is 4.74 Å². The molecule has 1 aliphatic heterocycles. The first-order valence-corrected chi connectivity index (χ1v) is 7.76. The van der Waals surface area contributed by atoms with Gasteiger partial charge >= 0.3 is 0 Å². The number of morpholine rings is 1. The van der Waals surface area contributed by atoms with Gasteiger partial charge < -0.3 is 15.4 Å². The molecule has 2 N–H and O–H groups in total. The first-order valence-electron chi connectivity index (χ1n) is 7.38. The van der Waals surface area contributed by atoms with E-state index >= 15 is 0 Å². The molecule has 1 aliphatic rings. The zero-order valence-electron chi connectivity index (χ0n) is 12.8.